The van der Waals surface area contributed by atoms with Crippen LogP contribution in [0.25, 0.3) is 0 Å². The molecule has 0 aliphatic carbocycles. The van der Waals surface area contributed by atoms with E-state index in [1.807, 2.05) is 0 Å². The van der Waals surface area contributed by atoms with Gasteiger partial charge in [0.05, 0.1) is 6.42 Å². The zero-order valence-electron chi connectivity index (χ0n) is 9.52. The van der Waals surface area contributed by atoms with Gasteiger partial charge in [0.2, 0.25) is 5.91 Å². The van der Waals surface area contributed by atoms with Crippen molar-refractivity contribution < 1.29 is 19.5 Å². The third kappa shape index (κ3) is 6.88. The number of carbonyl (C=O) groups excluding carboxylic acids is 2. The van der Waals surface area contributed by atoms with Crippen LogP contribution in [0, 0.1) is 0 Å². The fraction of sp³-hybridized carbons (Fsp3) is 0.364. The number of imide groups is 1. The van der Waals surface area contributed by atoms with Crippen LogP contribution in [0.4, 0.5) is 4.79 Å². The molecule has 0 bridgehead atoms. The van der Waals surface area contributed by atoms with Gasteiger partial charge in [-0.2, -0.15) is 0 Å². The summed E-state index contributed by atoms with van der Waals surface area (Å²) in [6.45, 7) is 7.53. The van der Waals surface area contributed by atoms with E-state index in [-0.39, 0.29) is 25.9 Å². The normalized spacial score (nSPS) is 9.18. The molecule has 2 N–H and O–H groups in total. The number of urea groups is 1. The Morgan fingerprint density at radius 2 is 1.65 bits per heavy atom. The summed E-state index contributed by atoms with van der Waals surface area (Å²) >= 11 is 0. The Morgan fingerprint density at radius 1 is 1.12 bits per heavy atom. The van der Waals surface area contributed by atoms with Crippen molar-refractivity contribution in [2.75, 3.05) is 13.1 Å². The minimum absolute atomic E-state index is 0.225. The summed E-state index contributed by atoms with van der Waals surface area (Å²) in [6, 6.07) is -0.583. The highest BCUT2D eigenvalue weighted by atomic mass is 16.4. The lowest BCUT2D eigenvalue weighted by Crippen LogP contribution is -2.43. The van der Waals surface area contributed by atoms with Gasteiger partial charge in [0.25, 0.3) is 0 Å². The predicted molar refractivity (Wildman–Crippen MR) is 62.4 cm³/mol. The van der Waals surface area contributed by atoms with Crippen molar-refractivity contribution in [2.24, 2.45) is 0 Å². The number of carboxylic acids is 1. The summed E-state index contributed by atoms with van der Waals surface area (Å²) in [5.41, 5.74) is 0. The van der Waals surface area contributed by atoms with E-state index in [2.05, 4.69) is 18.5 Å². The van der Waals surface area contributed by atoms with Gasteiger partial charge in [-0.15, -0.1) is 13.2 Å². The number of rotatable bonds is 7. The second-order valence-electron chi connectivity index (χ2n) is 3.23. The molecule has 0 atom stereocenters. The third-order valence-corrected chi connectivity index (χ3v) is 1.80. The molecule has 6 nitrogen and oxygen atoms in total. The van der Waals surface area contributed by atoms with Crippen LogP contribution < -0.4 is 5.32 Å². The molecule has 6 heteroatoms. The van der Waals surface area contributed by atoms with Crippen molar-refractivity contribution in [1.82, 2.24) is 10.2 Å². The second kappa shape index (κ2) is 8.09. The molecule has 0 spiro atoms. The molecule has 3 amide bonds. The number of nitrogens with zero attached hydrogens (tertiary/aromatic N) is 1. The monoisotopic (exact) mass is 240 g/mol. The first-order valence-corrected chi connectivity index (χ1v) is 5.03. The van der Waals surface area contributed by atoms with Crippen LogP contribution in [0.3, 0.4) is 0 Å². The maximum atomic E-state index is 11.5. The van der Waals surface area contributed by atoms with E-state index < -0.39 is 17.9 Å². The summed E-state index contributed by atoms with van der Waals surface area (Å²) in [4.78, 5) is 34.3. The molecule has 0 aromatic heterocycles. The first-order chi connectivity index (χ1) is 8.01. The van der Waals surface area contributed by atoms with Crippen LogP contribution in [0.5, 0.6) is 0 Å². The fourth-order valence-corrected chi connectivity index (χ4v) is 1.03. The maximum absolute atomic E-state index is 11.5. The SMILES string of the molecule is C=CCN(CC=C)C(=O)NC(=O)CCC(=O)O. The summed E-state index contributed by atoms with van der Waals surface area (Å²) in [6.07, 6.45) is 2.51. The Hall–Kier alpha value is -2.11. The zero-order chi connectivity index (χ0) is 13.3. The average molecular weight is 240 g/mol. The highest BCUT2D eigenvalue weighted by Crippen LogP contribution is 1.93. The van der Waals surface area contributed by atoms with Crippen LogP contribution in [0.2, 0.25) is 0 Å². The molecule has 94 valence electrons. The van der Waals surface area contributed by atoms with Gasteiger partial charge in [-0.3, -0.25) is 14.9 Å². The molecule has 0 aromatic carbocycles. The average Bonchev–Trinajstić information content (AvgIpc) is 2.26. The van der Waals surface area contributed by atoms with Gasteiger partial charge in [-0.25, -0.2) is 4.79 Å². The number of hydrogen-bond donors (Lipinski definition) is 2. The molecule has 0 radical (unpaired) electrons. The summed E-state index contributed by atoms with van der Waals surface area (Å²) in [7, 11) is 0. The van der Waals surface area contributed by atoms with E-state index in [0.717, 1.165) is 0 Å². The third-order valence-electron chi connectivity index (χ3n) is 1.80. The molecular weight excluding hydrogens is 224 g/mol. The van der Waals surface area contributed by atoms with E-state index in [9.17, 15) is 14.4 Å². The van der Waals surface area contributed by atoms with Gasteiger partial charge in [0.15, 0.2) is 0 Å². The minimum atomic E-state index is -1.08. The highest BCUT2D eigenvalue weighted by Gasteiger charge is 2.14. The molecule has 0 heterocycles. The number of carbonyl (C=O) groups is 3. The van der Waals surface area contributed by atoms with E-state index in [4.69, 9.17) is 5.11 Å². The van der Waals surface area contributed by atoms with Gasteiger partial charge in [-0.1, -0.05) is 12.2 Å². The topological polar surface area (TPSA) is 86.7 Å². The summed E-state index contributed by atoms with van der Waals surface area (Å²) in [5.74, 6) is -1.70. The van der Waals surface area contributed by atoms with Crippen LogP contribution in [0.1, 0.15) is 12.8 Å². The minimum Gasteiger partial charge on any atom is -0.481 e. The van der Waals surface area contributed by atoms with Crippen LogP contribution >= 0.6 is 0 Å². The van der Waals surface area contributed by atoms with Gasteiger partial charge in [0.1, 0.15) is 0 Å². The van der Waals surface area contributed by atoms with Crippen molar-refractivity contribution in [2.45, 2.75) is 12.8 Å². The summed E-state index contributed by atoms with van der Waals surface area (Å²) in [5, 5.41) is 10.5. The van der Waals surface area contributed by atoms with Crippen LogP contribution in [0.15, 0.2) is 25.3 Å². The van der Waals surface area contributed by atoms with Crippen LogP contribution in [-0.4, -0.2) is 41.0 Å². The van der Waals surface area contributed by atoms with Crippen molar-refractivity contribution in [3.05, 3.63) is 25.3 Å². The molecule has 0 aromatic rings. The molecule has 0 rings (SSSR count). The highest BCUT2D eigenvalue weighted by molar-refractivity contribution is 5.95. The summed E-state index contributed by atoms with van der Waals surface area (Å²) < 4.78 is 0. The quantitative estimate of drug-likeness (QED) is 0.643. The van der Waals surface area contributed by atoms with Crippen molar-refractivity contribution >= 4 is 17.9 Å². The maximum Gasteiger partial charge on any atom is 0.324 e. The van der Waals surface area contributed by atoms with Gasteiger partial charge in [0, 0.05) is 19.5 Å². The number of aliphatic carboxylic acids is 1. The second-order valence-corrected chi connectivity index (χ2v) is 3.23. The van der Waals surface area contributed by atoms with Gasteiger partial charge in [-0.05, 0) is 0 Å². The first kappa shape index (κ1) is 14.9. The molecule has 0 aliphatic heterocycles. The molecule has 0 saturated carbocycles. The Bertz CT molecular complexity index is 315. The zero-order valence-corrected chi connectivity index (χ0v) is 9.52. The lowest BCUT2D eigenvalue weighted by Gasteiger charge is -2.18. The van der Waals surface area contributed by atoms with E-state index in [0.29, 0.717) is 0 Å². The Balaban J connectivity index is 4.19. The Morgan fingerprint density at radius 3 is 2.06 bits per heavy atom. The van der Waals surface area contributed by atoms with Crippen molar-refractivity contribution in [3.8, 4) is 0 Å². The van der Waals surface area contributed by atoms with Crippen LogP contribution in [-0.2, 0) is 9.59 Å². The van der Waals surface area contributed by atoms with Gasteiger partial charge >= 0.3 is 12.0 Å². The number of amides is 3. The molecule has 17 heavy (non-hydrogen) atoms. The van der Waals surface area contributed by atoms with Crippen molar-refractivity contribution in [1.29, 1.82) is 0 Å². The first-order valence-electron chi connectivity index (χ1n) is 5.03. The van der Waals surface area contributed by atoms with E-state index in [1.165, 1.54) is 17.1 Å². The lowest BCUT2D eigenvalue weighted by atomic mass is 10.3. The fourth-order valence-electron chi connectivity index (χ4n) is 1.03. The molecule has 0 unspecified atom stereocenters. The predicted octanol–water partition coefficient (Wildman–Crippen LogP) is 0.761. The van der Waals surface area contributed by atoms with Gasteiger partial charge < -0.3 is 10.0 Å². The van der Waals surface area contributed by atoms with E-state index in [1.54, 1.807) is 0 Å². The van der Waals surface area contributed by atoms with E-state index >= 15 is 0 Å². The molecular formula is C11H16N2O4. The molecule has 0 aliphatic rings. The Labute approximate surface area is 99.6 Å². The number of nitrogens with one attached hydrogen (secondary N) is 1. The largest absolute Gasteiger partial charge is 0.481 e. The number of hydrogen-bond acceptors (Lipinski definition) is 3. The standard InChI is InChI=1S/C11H16N2O4/c1-3-7-13(8-4-2)11(17)12-9(14)5-6-10(15)16/h3-4H,1-2,5-8H2,(H,15,16)(H,12,14,17). The molecule has 0 saturated heterocycles. The van der Waals surface area contributed by atoms with Crippen molar-refractivity contribution in [3.63, 3.8) is 0 Å². The number of carboxylic acid groups (broad SMARTS) is 1. The smallest absolute Gasteiger partial charge is 0.324 e. The molecule has 0 fully saturated rings. The lowest BCUT2D eigenvalue weighted by molar-refractivity contribution is -0.138. The Kier molecular flexibility index (Phi) is 7.09.